The van der Waals surface area contributed by atoms with Crippen molar-refractivity contribution < 1.29 is 19.0 Å². The first kappa shape index (κ1) is 22.2. The number of rotatable bonds is 7. The molecule has 174 valence electrons. The van der Waals surface area contributed by atoms with Gasteiger partial charge in [0.25, 0.3) is 5.91 Å². The Bertz CT molecular complexity index is 1300. The summed E-state index contributed by atoms with van der Waals surface area (Å²) >= 11 is 1.47. The highest BCUT2D eigenvalue weighted by atomic mass is 32.1. The van der Waals surface area contributed by atoms with Crippen molar-refractivity contribution in [3.8, 4) is 17.2 Å². The summed E-state index contributed by atoms with van der Waals surface area (Å²) in [6, 6.07) is 21.1. The van der Waals surface area contributed by atoms with E-state index < -0.39 is 0 Å². The van der Waals surface area contributed by atoms with Crippen LogP contribution in [0, 0.1) is 0 Å². The van der Waals surface area contributed by atoms with Gasteiger partial charge in [0.15, 0.2) is 23.2 Å². The molecule has 1 amide bonds. The number of nitrogens with zero attached hydrogens (tertiary/aromatic N) is 2. The highest BCUT2D eigenvalue weighted by molar-refractivity contribution is 7.22. The second kappa shape index (κ2) is 8.99. The molecule has 0 saturated carbocycles. The Labute approximate surface area is 202 Å². The third-order valence-corrected chi connectivity index (χ3v) is 6.56. The van der Waals surface area contributed by atoms with Crippen LogP contribution in [0.2, 0.25) is 0 Å². The number of para-hydroxylation sites is 2. The third kappa shape index (κ3) is 4.43. The highest BCUT2D eigenvalue weighted by Crippen LogP contribution is 2.42. The Morgan fingerprint density at radius 1 is 1.06 bits per heavy atom. The van der Waals surface area contributed by atoms with Crippen molar-refractivity contribution in [3.63, 3.8) is 0 Å². The number of hydrogen-bond acceptors (Lipinski definition) is 6. The van der Waals surface area contributed by atoms with E-state index >= 15 is 0 Å². The lowest BCUT2D eigenvalue weighted by atomic mass is 10.0. The molecule has 7 heteroatoms. The first-order valence-corrected chi connectivity index (χ1v) is 12.1. The van der Waals surface area contributed by atoms with Gasteiger partial charge in [0.2, 0.25) is 0 Å². The Kier molecular flexibility index (Phi) is 5.87. The van der Waals surface area contributed by atoms with Gasteiger partial charge in [-0.3, -0.25) is 9.69 Å². The minimum Gasteiger partial charge on any atom is -0.494 e. The van der Waals surface area contributed by atoms with Gasteiger partial charge < -0.3 is 14.2 Å². The second-order valence-electron chi connectivity index (χ2n) is 8.69. The molecule has 1 aliphatic rings. The number of aromatic nitrogens is 1. The zero-order valence-electron chi connectivity index (χ0n) is 19.4. The molecule has 0 spiro atoms. The van der Waals surface area contributed by atoms with Gasteiger partial charge in [0.05, 0.1) is 22.5 Å². The zero-order chi connectivity index (χ0) is 23.7. The van der Waals surface area contributed by atoms with Crippen LogP contribution in [0.25, 0.3) is 10.2 Å². The lowest BCUT2D eigenvalue weighted by Gasteiger charge is -2.21. The van der Waals surface area contributed by atoms with Crippen LogP contribution in [0.15, 0.2) is 66.7 Å². The Balaban J connectivity index is 1.44. The van der Waals surface area contributed by atoms with E-state index in [4.69, 9.17) is 19.2 Å². The maximum atomic E-state index is 13.5. The quantitative estimate of drug-likeness (QED) is 0.321. The van der Waals surface area contributed by atoms with E-state index in [-0.39, 0.29) is 18.1 Å². The van der Waals surface area contributed by atoms with Gasteiger partial charge in [-0.25, -0.2) is 4.98 Å². The summed E-state index contributed by atoms with van der Waals surface area (Å²) in [5.74, 6) is 1.82. The van der Waals surface area contributed by atoms with Crippen LogP contribution < -0.4 is 19.1 Å². The molecule has 0 radical (unpaired) electrons. The SMILES string of the molecule is CCOc1ccc(N(C(=O)COc2cccc3c2OC(C)(C)C3)c2nc3ccccc3s2)cc1. The van der Waals surface area contributed by atoms with Crippen molar-refractivity contribution in [1.29, 1.82) is 0 Å². The normalized spacial score (nSPS) is 13.9. The summed E-state index contributed by atoms with van der Waals surface area (Å²) in [5, 5.41) is 0.592. The molecule has 6 nitrogen and oxygen atoms in total. The third-order valence-electron chi connectivity index (χ3n) is 5.54. The maximum absolute atomic E-state index is 13.5. The topological polar surface area (TPSA) is 60.9 Å². The number of fused-ring (bicyclic) bond motifs is 2. The first-order chi connectivity index (χ1) is 16.4. The molecule has 2 heterocycles. The number of carbonyl (C=O) groups excluding carboxylic acids is 1. The smallest absolute Gasteiger partial charge is 0.271 e. The van der Waals surface area contributed by atoms with Crippen molar-refractivity contribution in [3.05, 3.63) is 72.3 Å². The molecule has 3 aromatic carbocycles. The molecule has 1 aromatic heterocycles. The predicted octanol–water partition coefficient (Wildman–Crippen LogP) is 6.15. The Morgan fingerprint density at radius 3 is 2.62 bits per heavy atom. The molecule has 4 aromatic rings. The van der Waals surface area contributed by atoms with Crippen LogP contribution in [0.3, 0.4) is 0 Å². The summed E-state index contributed by atoms with van der Waals surface area (Å²) in [7, 11) is 0. The number of carbonyl (C=O) groups is 1. The predicted molar refractivity (Wildman–Crippen MR) is 135 cm³/mol. The Hall–Kier alpha value is -3.58. The van der Waals surface area contributed by atoms with Crippen molar-refractivity contribution in [2.45, 2.75) is 32.8 Å². The lowest BCUT2D eigenvalue weighted by molar-refractivity contribution is -0.119. The molecule has 0 aliphatic carbocycles. The van der Waals surface area contributed by atoms with Crippen molar-refractivity contribution in [2.75, 3.05) is 18.1 Å². The highest BCUT2D eigenvalue weighted by Gasteiger charge is 2.32. The van der Waals surface area contributed by atoms with E-state index in [1.807, 2.05) is 87.5 Å². The number of ether oxygens (including phenoxy) is 3. The van der Waals surface area contributed by atoms with Crippen molar-refractivity contribution in [2.24, 2.45) is 0 Å². The Morgan fingerprint density at radius 2 is 1.85 bits per heavy atom. The minimum absolute atomic E-state index is 0.149. The van der Waals surface area contributed by atoms with E-state index in [0.29, 0.717) is 28.9 Å². The van der Waals surface area contributed by atoms with Crippen LogP contribution in [0.4, 0.5) is 10.8 Å². The monoisotopic (exact) mass is 474 g/mol. The fraction of sp³-hybridized carbons (Fsp3) is 0.259. The summed E-state index contributed by atoms with van der Waals surface area (Å²) in [4.78, 5) is 19.8. The average Bonchev–Trinajstić information content (AvgIpc) is 3.38. The molecule has 0 atom stereocenters. The molecular weight excluding hydrogens is 448 g/mol. The molecule has 0 saturated heterocycles. The van der Waals surface area contributed by atoms with Gasteiger partial charge in [0, 0.05) is 12.0 Å². The van der Waals surface area contributed by atoms with Crippen LogP contribution in [-0.4, -0.2) is 29.7 Å². The van der Waals surface area contributed by atoms with E-state index in [2.05, 4.69) is 0 Å². The van der Waals surface area contributed by atoms with Gasteiger partial charge in [-0.05, 0) is 63.2 Å². The number of amides is 1. The van der Waals surface area contributed by atoms with Crippen LogP contribution in [0.1, 0.15) is 26.3 Å². The maximum Gasteiger partial charge on any atom is 0.271 e. The molecular formula is C27H26N2O4S. The van der Waals surface area contributed by atoms with Crippen LogP contribution >= 0.6 is 11.3 Å². The fourth-order valence-corrected chi connectivity index (χ4v) is 5.08. The van der Waals surface area contributed by atoms with Crippen molar-refractivity contribution >= 4 is 38.3 Å². The summed E-state index contributed by atoms with van der Waals surface area (Å²) in [6.07, 6.45) is 0.803. The fourth-order valence-electron chi connectivity index (χ4n) is 4.08. The first-order valence-electron chi connectivity index (χ1n) is 11.3. The molecule has 0 fully saturated rings. The van der Waals surface area contributed by atoms with Gasteiger partial charge in [0.1, 0.15) is 11.4 Å². The summed E-state index contributed by atoms with van der Waals surface area (Å²) in [5.41, 5.74) is 2.35. The molecule has 1 aliphatic heterocycles. The van der Waals surface area contributed by atoms with E-state index in [1.54, 1.807) is 4.90 Å². The largest absolute Gasteiger partial charge is 0.494 e. The number of thiazole rings is 1. The molecule has 0 unspecified atom stereocenters. The molecule has 0 N–H and O–H groups in total. The molecule has 0 bridgehead atoms. The minimum atomic E-state index is -0.291. The number of hydrogen-bond donors (Lipinski definition) is 0. The zero-order valence-corrected chi connectivity index (χ0v) is 20.2. The number of benzene rings is 3. The van der Waals surface area contributed by atoms with Gasteiger partial charge >= 0.3 is 0 Å². The second-order valence-corrected chi connectivity index (χ2v) is 9.70. The standard InChI is InChI=1S/C27H26N2O4S/c1-4-31-20-14-12-19(13-15-20)29(26-28-21-9-5-6-11-23(21)34-26)24(30)17-32-22-10-7-8-18-16-27(2,3)33-25(18)22/h5-15H,4,16-17H2,1-3H3. The van der Waals surface area contributed by atoms with E-state index in [1.165, 1.54) is 11.3 Å². The van der Waals surface area contributed by atoms with Gasteiger partial charge in [-0.15, -0.1) is 0 Å². The molecule has 5 rings (SSSR count). The van der Waals surface area contributed by atoms with Crippen molar-refractivity contribution in [1.82, 2.24) is 4.98 Å². The summed E-state index contributed by atoms with van der Waals surface area (Å²) < 4.78 is 18.7. The van der Waals surface area contributed by atoms with Crippen LogP contribution in [0.5, 0.6) is 17.2 Å². The van der Waals surface area contributed by atoms with Crippen LogP contribution in [-0.2, 0) is 11.2 Å². The molecule has 34 heavy (non-hydrogen) atoms. The van der Waals surface area contributed by atoms with E-state index in [9.17, 15) is 4.79 Å². The van der Waals surface area contributed by atoms with E-state index in [0.717, 1.165) is 28.0 Å². The summed E-state index contributed by atoms with van der Waals surface area (Å²) in [6.45, 7) is 6.45. The van der Waals surface area contributed by atoms with Gasteiger partial charge in [-0.2, -0.15) is 0 Å². The lowest BCUT2D eigenvalue weighted by Crippen LogP contribution is -2.31. The number of anilines is 2. The van der Waals surface area contributed by atoms with Gasteiger partial charge in [-0.1, -0.05) is 35.6 Å². The average molecular weight is 475 g/mol.